The minimum absolute atomic E-state index is 0. The number of nitrogens with zero attached hydrogens (tertiary/aromatic N) is 5. The van der Waals surface area contributed by atoms with Crippen molar-refractivity contribution in [2.75, 3.05) is 33.2 Å². The number of rotatable bonds is 4. The van der Waals surface area contributed by atoms with Gasteiger partial charge >= 0.3 is 0 Å². The van der Waals surface area contributed by atoms with E-state index in [9.17, 15) is 4.79 Å². The molecule has 7 heteroatoms. The standard InChI is InChI=1S/C20H23N5O.ClH/c1-23-11-13-24(14-12-23)19(26)7-10-25-18(17-6-2-3-8-21-17)15-16-5-4-9-22-20(16)25;/h2-6,8-9,15H,7,10-14H2,1H3;1H. The molecule has 4 rings (SSSR count). The van der Waals surface area contributed by atoms with E-state index in [-0.39, 0.29) is 18.3 Å². The third kappa shape index (κ3) is 4.12. The lowest BCUT2D eigenvalue weighted by atomic mass is 10.2. The third-order valence-electron chi connectivity index (χ3n) is 4.99. The SMILES string of the molecule is CN1CCN(C(=O)CCn2c(-c3ccccn3)cc3cccnc32)CC1.Cl. The molecule has 0 unspecified atom stereocenters. The van der Waals surface area contributed by atoms with Gasteiger partial charge in [-0.15, -0.1) is 12.4 Å². The number of aromatic nitrogens is 3. The summed E-state index contributed by atoms with van der Waals surface area (Å²) in [4.78, 5) is 25.9. The van der Waals surface area contributed by atoms with Crippen molar-refractivity contribution in [2.45, 2.75) is 13.0 Å². The van der Waals surface area contributed by atoms with E-state index in [2.05, 4.69) is 32.5 Å². The lowest BCUT2D eigenvalue weighted by Crippen LogP contribution is -2.47. The van der Waals surface area contributed by atoms with E-state index < -0.39 is 0 Å². The van der Waals surface area contributed by atoms with Gasteiger partial charge in [0.15, 0.2) is 0 Å². The molecule has 1 saturated heterocycles. The summed E-state index contributed by atoms with van der Waals surface area (Å²) < 4.78 is 2.12. The number of halogens is 1. The first-order chi connectivity index (χ1) is 12.7. The van der Waals surface area contributed by atoms with E-state index in [1.807, 2.05) is 35.2 Å². The first kappa shape index (κ1) is 19.3. The van der Waals surface area contributed by atoms with Crippen LogP contribution in [0.2, 0.25) is 0 Å². The van der Waals surface area contributed by atoms with Crippen molar-refractivity contribution in [1.29, 1.82) is 0 Å². The monoisotopic (exact) mass is 385 g/mol. The zero-order chi connectivity index (χ0) is 17.9. The second-order valence-corrected chi connectivity index (χ2v) is 6.75. The molecule has 4 heterocycles. The van der Waals surface area contributed by atoms with Crippen molar-refractivity contribution in [2.24, 2.45) is 0 Å². The number of carbonyl (C=O) groups excluding carboxylic acids is 1. The molecule has 142 valence electrons. The number of likely N-dealkylation sites (N-methyl/N-ethyl adjacent to an activating group) is 1. The Morgan fingerprint density at radius 2 is 1.81 bits per heavy atom. The van der Waals surface area contributed by atoms with E-state index in [1.54, 1.807) is 12.4 Å². The van der Waals surface area contributed by atoms with Crippen LogP contribution in [0.25, 0.3) is 22.4 Å². The third-order valence-corrected chi connectivity index (χ3v) is 4.99. The maximum atomic E-state index is 12.6. The second kappa shape index (κ2) is 8.50. The van der Waals surface area contributed by atoms with Crippen LogP contribution in [0.4, 0.5) is 0 Å². The molecular weight excluding hydrogens is 362 g/mol. The number of fused-ring (bicyclic) bond motifs is 1. The van der Waals surface area contributed by atoms with Crippen LogP contribution in [-0.4, -0.2) is 63.5 Å². The van der Waals surface area contributed by atoms with Gasteiger partial charge in [-0.25, -0.2) is 4.98 Å². The molecule has 0 saturated carbocycles. The van der Waals surface area contributed by atoms with Gasteiger partial charge in [-0.1, -0.05) is 6.07 Å². The van der Waals surface area contributed by atoms with Crippen LogP contribution in [-0.2, 0) is 11.3 Å². The Morgan fingerprint density at radius 1 is 1.04 bits per heavy atom. The fourth-order valence-corrected chi connectivity index (χ4v) is 3.46. The van der Waals surface area contributed by atoms with Crippen molar-refractivity contribution in [1.82, 2.24) is 24.3 Å². The Bertz CT molecular complexity index is 903. The molecule has 0 aromatic carbocycles. The molecule has 0 spiro atoms. The first-order valence-electron chi connectivity index (χ1n) is 9.04. The zero-order valence-electron chi connectivity index (χ0n) is 15.4. The first-order valence-corrected chi connectivity index (χ1v) is 9.04. The second-order valence-electron chi connectivity index (χ2n) is 6.75. The predicted octanol–water partition coefficient (Wildman–Crippen LogP) is 2.68. The number of hydrogen-bond acceptors (Lipinski definition) is 4. The fraction of sp³-hybridized carbons (Fsp3) is 0.350. The molecule has 3 aromatic heterocycles. The largest absolute Gasteiger partial charge is 0.340 e. The molecule has 1 fully saturated rings. The maximum absolute atomic E-state index is 12.6. The summed E-state index contributed by atoms with van der Waals surface area (Å²) in [6.07, 6.45) is 4.06. The number of piperazine rings is 1. The van der Waals surface area contributed by atoms with Crippen LogP contribution < -0.4 is 0 Å². The van der Waals surface area contributed by atoms with Crippen LogP contribution in [0.5, 0.6) is 0 Å². The van der Waals surface area contributed by atoms with E-state index in [0.29, 0.717) is 13.0 Å². The average molecular weight is 386 g/mol. The number of carbonyl (C=O) groups is 1. The minimum atomic E-state index is 0. The highest BCUT2D eigenvalue weighted by Crippen LogP contribution is 2.26. The molecule has 3 aromatic rings. The summed E-state index contributed by atoms with van der Waals surface area (Å²) in [5.74, 6) is 0.211. The Balaban J connectivity index is 0.00000210. The van der Waals surface area contributed by atoms with Crippen molar-refractivity contribution in [3.8, 4) is 11.4 Å². The van der Waals surface area contributed by atoms with E-state index in [4.69, 9.17) is 0 Å². The smallest absolute Gasteiger partial charge is 0.224 e. The molecule has 0 aliphatic carbocycles. The van der Waals surface area contributed by atoms with Gasteiger partial charge in [-0.3, -0.25) is 9.78 Å². The van der Waals surface area contributed by atoms with E-state index >= 15 is 0 Å². The van der Waals surface area contributed by atoms with Crippen LogP contribution in [0, 0.1) is 0 Å². The van der Waals surface area contributed by atoms with Crippen LogP contribution in [0.1, 0.15) is 6.42 Å². The Hall–Kier alpha value is -2.44. The van der Waals surface area contributed by atoms with Gasteiger partial charge in [0.25, 0.3) is 0 Å². The van der Waals surface area contributed by atoms with Gasteiger partial charge in [0.05, 0.1) is 11.4 Å². The molecule has 0 bridgehead atoms. The molecule has 6 nitrogen and oxygen atoms in total. The molecular formula is C20H24ClN5O. The maximum Gasteiger partial charge on any atom is 0.224 e. The summed E-state index contributed by atoms with van der Waals surface area (Å²) in [6, 6.07) is 12.0. The molecule has 1 amide bonds. The van der Waals surface area contributed by atoms with Crippen molar-refractivity contribution in [3.05, 3.63) is 48.8 Å². The highest BCUT2D eigenvalue weighted by Gasteiger charge is 2.20. The van der Waals surface area contributed by atoms with Crippen LogP contribution >= 0.6 is 12.4 Å². The summed E-state index contributed by atoms with van der Waals surface area (Å²) in [5.41, 5.74) is 2.81. The molecule has 1 aliphatic heterocycles. The molecule has 27 heavy (non-hydrogen) atoms. The van der Waals surface area contributed by atoms with Crippen molar-refractivity contribution < 1.29 is 4.79 Å². The van der Waals surface area contributed by atoms with Gasteiger partial charge in [0.1, 0.15) is 5.65 Å². The summed E-state index contributed by atoms with van der Waals surface area (Å²) in [6.45, 7) is 4.12. The highest BCUT2D eigenvalue weighted by atomic mass is 35.5. The lowest BCUT2D eigenvalue weighted by molar-refractivity contribution is -0.132. The number of aryl methyl sites for hydroxylation is 1. The number of pyridine rings is 2. The average Bonchev–Trinajstić information content (AvgIpc) is 3.06. The Labute approximate surface area is 165 Å². The quantitative estimate of drug-likeness (QED) is 0.693. The van der Waals surface area contributed by atoms with E-state index in [0.717, 1.165) is 48.6 Å². The fourth-order valence-electron chi connectivity index (χ4n) is 3.46. The molecule has 0 atom stereocenters. The molecule has 0 radical (unpaired) electrons. The Morgan fingerprint density at radius 3 is 2.56 bits per heavy atom. The van der Waals surface area contributed by atoms with Gasteiger partial charge in [0.2, 0.25) is 5.91 Å². The molecule has 1 aliphatic rings. The van der Waals surface area contributed by atoms with Crippen LogP contribution in [0.3, 0.4) is 0 Å². The Kier molecular flexibility index (Phi) is 6.08. The zero-order valence-corrected chi connectivity index (χ0v) is 16.2. The summed E-state index contributed by atoms with van der Waals surface area (Å²) in [5, 5.41) is 1.07. The normalized spacial score (nSPS) is 14.9. The van der Waals surface area contributed by atoms with Crippen LogP contribution in [0.15, 0.2) is 48.8 Å². The topological polar surface area (TPSA) is 54.3 Å². The predicted molar refractivity (Wildman–Crippen MR) is 109 cm³/mol. The van der Waals surface area contributed by atoms with Crippen molar-refractivity contribution in [3.63, 3.8) is 0 Å². The summed E-state index contributed by atoms with van der Waals surface area (Å²) >= 11 is 0. The van der Waals surface area contributed by atoms with E-state index in [1.165, 1.54) is 0 Å². The van der Waals surface area contributed by atoms with Gasteiger partial charge in [0, 0.05) is 56.9 Å². The number of amides is 1. The van der Waals surface area contributed by atoms with Gasteiger partial charge in [-0.2, -0.15) is 0 Å². The van der Waals surface area contributed by atoms with Gasteiger partial charge in [-0.05, 0) is 37.4 Å². The molecule has 0 N–H and O–H groups in total. The van der Waals surface area contributed by atoms with Gasteiger partial charge < -0.3 is 14.4 Å². The highest BCUT2D eigenvalue weighted by molar-refractivity contribution is 5.85. The minimum Gasteiger partial charge on any atom is -0.340 e. The number of hydrogen-bond donors (Lipinski definition) is 0. The lowest BCUT2D eigenvalue weighted by Gasteiger charge is -2.32. The summed E-state index contributed by atoms with van der Waals surface area (Å²) in [7, 11) is 2.10. The van der Waals surface area contributed by atoms with Crippen molar-refractivity contribution >= 4 is 29.3 Å².